The van der Waals surface area contributed by atoms with Crippen molar-refractivity contribution < 1.29 is 24.3 Å². The zero-order chi connectivity index (χ0) is 14.1. The number of para-hydroxylation sites is 1. The number of aldehydes is 1. The summed E-state index contributed by atoms with van der Waals surface area (Å²) < 4.78 is 4.49. The van der Waals surface area contributed by atoms with E-state index in [9.17, 15) is 9.59 Å². The van der Waals surface area contributed by atoms with Crippen LogP contribution in [0.4, 0.5) is 11.4 Å². The standard InChI is InChI=1S/C8H10N2O3.C3H4O2/c1-13-8(11)5-3-2-4-6(9)7(5)10-12;1-3(5)2-4/h2-4,10,12H,9H2,1H3;2H,1H3. The van der Waals surface area contributed by atoms with Crippen molar-refractivity contribution in [3.05, 3.63) is 23.8 Å². The maximum atomic E-state index is 11.1. The fourth-order valence-electron chi connectivity index (χ4n) is 0.975. The summed E-state index contributed by atoms with van der Waals surface area (Å²) in [5.74, 6) is -0.978. The third kappa shape index (κ3) is 4.62. The van der Waals surface area contributed by atoms with Crippen LogP contribution >= 0.6 is 0 Å². The minimum Gasteiger partial charge on any atom is -0.465 e. The van der Waals surface area contributed by atoms with Crippen LogP contribution in [0.3, 0.4) is 0 Å². The number of methoxy groups -OCH3 is 1. The summed E-state index contributed by atoms with van der Waals surface area (Å²) in [5, 5.41) is 8.71. The van der Waals surface area contributed by atoms with Gasteiger partial charge in [0.05, 0.1) is 24.0 Å². The van der Waals surface area contributed by atoms with Crippen LogP contribution in [-0.4, -0.2) is 30.4 Å². The smallest absolute Gasteiger partial charge is 0.340 e. The minimum absolute atomic E-state index is 0.161. The number of nitrogens with one attached hydrogen (secondary N) is 1. The molecular formula is C11H14N2O5. The molecule has 0 radical (unpaired) electrons. The molecule has 98 valence electrons. The summed E-state index contributed by atoms with van der Waals surface area (Å²) in [6, 6.07) is 4.66. The first-order valence-electron chi connectivity index (χ1n) is 4.80. The van der Waals surface area contributed by atoms with Crippen molar-refractivity contribution >= 4 is 29.4 Å². The molecule has 0 saturated carbocycles. The summed E-state index contributed by atoms with van der Waals surface area (Å²) in [4.78, 5) is 29.7. The van der Waals surface area contributed by atoms with Crippen molar-refractivity contribution in [2.75, 3.05) is 18.3 Å². The van der Waals surface area contributed by atoms with Crippen LogP contribution in [0.1, 0.15) is 17.3 Å². The van der Waals surface area contributed by atoms with Crippen LogP contribution in [0.25, 0.3) is 0 Å². The Labute approximate surface area is 103 Å². The second-order valence-electron chi connectivity index (χ2n) is 3.10. The normalized spacial score (nSPS) is 8.61. The number of hydrogen-bond acceptors (Lipinski definition) is 7. The third-order valence-electron chi connectivity index (χ3n) is 1.78. The Hall–Kier alpha value is -2.41. The van der Waals surface area contributed by atoms with E-state index in [0.29, 0.717) is 0 Å². The molecule has 0 atom stereocenters. The van der Waals surface area contributed by atoms with E-state index in [-0.39, 0.29) is 23.2 Å². The molecule has 0 bridgehead atoms. The number of rotatable bonds is 3. The van der Waals surface area contributed by atoms with Crippen LogP contribution in [0.15, 0.2) is 18.2 Å². The highest BCUT2D eigenvalue weighted by atomic mass is 16.5. The van der Waals surface area contributed by atoms with Crippen molar-refractivity contribution in [2.45, 2.75) is 6.92 Å². The van der Waals surface area contributed by atoms with Gasteiger partial charge in [0, 0.05) is 6.92 Å². The Kier molecular flexibility index (Phi) is 6.75. The Bertz CT molecular complexity index is 445. The van der Waals surface area contributed by atoms with Crippen LogP contribution in [-0.2, 0) is 14.3 Å². The SMILES string of the molecule is CC(=O)C=O.COC(=O)c1cccc(N)c1NO. The van der Waals surface area contributed by atoms with Gasteiger partial charge in [0.25, 0.3) is 0 Å². The number of nitrogen functional groups attached to an aromatic ring is 1. The molecule has 18 heavy (non-hydrogen) atoms. The predicted molar refractivity (Wildman–Crippen MR) is 64.3 cm³/mol. The van der Waals surface area contributed by atoms with Gasteiger partial charge in [0.2, 0.25) is 0 Å². The van der Waals surface area contributed by atoms with Gasteiger partial charge in [-0.05, 0) is 12.1 Å². The quantitative estimate of drug-likeness (QED) is 0.238. The summed E-state index contributed by atoms with van der Waals surface area (Å²) in [5.41, 5.74) is 7.99. The molecule has 0 unspecified atom stereocenters. The highest BCUT2D eigenvalue weighted by molar-refractivity contribution is 6.23. The number of benzene rings is 1. The molecule has 1 aromatic carbocycles. The topological polar surface area (TPSA) is 119 Å². The van der Waals surface area contributed by atoms with Gasteiger partial charge in [-0.2, -0.15) is 0 Å². The van der Waals surface area contributed by atoms with Gasteiger partial charge < -0.3 is 10.5 Å². The average molecular weight is 254 g/mol. The fourth-order valence-corrected chi connectivity index (χ4v) is 0.975. The highest BCUT2D eigenvalue weighted by Gasteiger charge is 2.12. The first-order valence-corrected chi connectivity index (χ1v) is 4.80. The van der Waals surface area contributed by atoms with E-state index in [0.717, 1.165) is 0 Å². The summed E-state index contributed by atoms with van der Waals surface area (Å²) in [6.45, 7) is 1.22. The number of nitrogens with two attached hydrogens (primary N) is 1. The van der Waals surface area contributed by atoms with Crippen LogP contribution in [0.2, 0.25) is 0 Å². The summed E-state index contributed by atoms with van der Waals surface area (Å²) in [6.07, 6.45) is 0.278. The maximum absolute atomic E-state index is 11.1. The van der Waals surface area contributed by atoms with Gasteiger partial charge in [0.15, 0.2) is 12.1 Å². The molecule has 1 aromatic rings. The number of ketones is 1. The van der Waals surface area contributed by atoms with Gasteiger partial charge in [-0.15, -0.1) is 0 Å². The van der Waals surface area contributed by atoms with Gasteiger partial charge in [-0.3, -0.25) is 20.3 Å². The Morgan fingerprint density at radius 1 is 1.44 bits per heavy atom. The van der Waals surface area contributed by atoms with E-state index in [1.54, 1.807) is 12.1 Å². The lowest BCUT2D eigenvalue weighted by Crippen LogP contribution is -2.07. The second kappa shape index (κ2) is 7.80. The van der Waals surface area contributed by atoms with Crippen molar-refractivity contribution in [1.82, 2.24) is 0 Å². The molecule has 7 heteroatoms. The average Bonchev–Trinajstić information content (AvgIpc) is 2.38. The lowest BCUT2D eigenvalue weighted by Gasteiger charge is -2.08. The largest absolute Gasteiger partial charge is 0.465 e. The molecule has 0 aliphatic rings. The zero-order valence-electron chi connectivity index (χ0n) is 9.97. The van der Waals surface area contributed by atoms with Crippen molar-refractivity contribution in [2.24, 2.45) is 0 Å². The molecule has 0 spiro atoms. The fraction of sp³-hybridized carbons (Fsp3) is 0.182. The molecule has 0 saturated heterocycles. The third-order valence-corrected chi connectivity index (χ3v) is 1.78. The van der Waals surface area contributed by atoms with Crippen LogP contribution < -0.4 is 11.2 Å². The van der Waals surface area contributed by atoms with Crippen LogP contribution in [0, 0.1) is 0 Å². The monoisotopic (exact) mass is 254 g/mol. The minimum atomic E-state index is -0.552. The maximum Gasteiger partial charge on any atom is 0.340 e. The summed E-state index contributed by atoms with van der Waals surface area (Å²) in [7, 11) is 1.26. The zero-order valence-corrected chi connectivity index (χ0v) is 9.97. The van der Waals surface area contributed by atoms with Crippen molar-refractivity contribution in [3.63, 3.8) is 0 Å². The van der Waals surface area contributed by atoms with E-state index in [4.69, 9.17) is 15.7 Å². The van der Waals surface area contributed by atoms with E-state index >= 15 is 0 Å². The lowest BCUT2D eigenvalue weighted by molar-refractivity contribution is -0.128. The molecule has 1 rings (SSSR count). The van der Waals surface area contributed by atoms with Gasteiger partial charge in [0.1, 0.15) is 0 Å². The Balaban J connectivity index is 0.000000494. The van der Waals surface area contributed by atoms with E-state index in [1.807, 2.05) is 5.48 Å². The molecule has 4 N–H and O–H groups in total. The number of esters is 1. The van der Waals surface area contributed by atoms with E-state index < -0.39 is 11.8 Å². The number of hydrogen-bond donors (Lipinski definition) is 3. The molecule has 0 amide bonds. The molecule has 0 aliphatic carbocycles. The molecular weight excluding hydrogens is 240 g/mol. The number of anilines is 2. The molecule has 7 nitrogen and oxygen atoms in total. The lowest BCUT2D eigenvalue weighted by atomic mass is 10.1. The van der Waals surface area contributed by atoms with Gasteiger partial charge in [-0.1, -0.05) is 6.07 Å². The van der Waals surface area contributed by atoms with E-state index in [2.05, 4.69) is 4.74 Å². The van der Waals surface area contributed by atoms with Crippen LogP contribution in [0.5, 0.6) is 0 Å². The molecule has 0 fully saturated rings. The highest BCUT2D eigenvalue weighted by Crippen LogP contribution is 2.22. The number of carbonyl (C=O) groups is 3. The van der Waals surface area contributed by atoms with Crippen molar-refractivity contribution in [3.8, 4) is 0 Å². The van der Waals surface area contributed by atoms with Gasteiger partial charge >= 0.3 is 5.97 Å². The first kappa shape index (κ1) is 15.6. The molecule has 0 aliphatic heterocycles. The number of ether oxygens (including phenoxy) is 1. The Morgan fingerprint density at radius 2 is 2.00 bits per heavy atom. The molecule has 0 heterocycles. The second-order valence-corrected chi connectivity index (χ2v) is 3.10. The molecule has 0 aromatic heterocycles. The van der Waals surface area contributed by atoms with Crippen molar-refractivity contribution in [1.29, 1.82) is 0 Å². The first-order chi connectivity index (χ1) is 8.47. The van der Waals surface area contributed by atoms with Gasteiger partial charge in [-0.25, -0.2) is 4.79 Å². The number of Topliss-reactive ketones (excluding diaryl/α,β-unsaturated/α-hetero) is 1. The Morgan fingerprint density at radius 3 is 2.39 bits per heavy atom. The number of carbonyl (C=O) groups excluding carboxylic acids is 3. The summed E-state index contributed by atoms with van der Waals surface area (Å²) >= 11 is 0. The predicted octanol–water partition coefficient (Wildman–Crippen LogP) is 0.631. The van der Waals surface area contributed by atoms with E-state index in [1.165, 1.54) is 20.1 Å².